The van der Waals surface area contributed by atoms with Crippen LogP contribution < -0.4 is 9.64 Å². The molecule has 0 saturated carbocycles. The van der Waals surface area contributed by atoms with Crippen molar-refractivity contribution in [2.75, 3.05) is 11.4 Å². The fraction of sp³-hybridized carbons (Fsp3) is 0.250. The number of hydrogen-bond acceptors (Lipinski definition) is 4. The van der Waals surface area contributed by atoms with E-state index in [0.29, 0.717) is 16.3 Å². The van der Waals surface area contributed by atoms with E-state index in [0.717, 1.165) is 5.56 Å². The smallest absolute Gasteiger partial charge is 0.316 e. The maximum atomic E-state index is 12.5. The quantitative estimate of drug-likeness (QED) is 0.465. The van der Waals surface area contributed by atoms with E-state index < -0.39 is 11.9 Å². The van der Waals surface area contributed by atoms with Crippen molar-refractivity contribution in [3.8, 4) is 5.75 Å². The molecule has 1 atom stereocenters. The number of amides is 1. The number of rotatable bonds is 4. The maximum Gasteiger partial charge on any atom is 0.316 e. The summed E-state index contributed by atoms with van der Waals surface area (Å²) in [5, 5.41) is 0.566. The van der Waals surface area contributed by atoms with Gasteiger partial charge in [0, 0.05) is 23.7 Å². The molecule has 2 aromatic rings. The van der Waals surface area contributed by atoms with E-state index in [1.54, 1.807) is 36.4 Å². The maximum absolute atomic E-state index is 12.5. The van der Waals surface area contributed by atoms with Crippen molar-refractivity contribution in [3.63, 3.8) is 0 Å². The van der Waals surface area contributed by atoms with Gasteiger partial charge in [-0.3, -0.25) is 14.4 Å². The third-order valence-corrected chi connectivity index (χ3v) is 4.81. The molecule has 1 fully saturated rings. The summed E-state index contributed by atoms with van der Waals surface area (Å²) in [6.45, 7) is 3.51. The Balaban J connectivity index is 1.75. The standard InChI is InChI=1S/C20H18ClNO4/c1-12-7-8-15(10-17(12)21)22-11-14(9-19(22)24)20(25)26-18-6-4-3-5-16(18)13(2)23/h3-8,10,14H,9,11H2,1-2H3/t14-/m1/s1. The highest BCUT2D eigenvalue weighted by atomic mass is 35.5. The minimum Gasteiger partial charge on any atom is -0.425 e. The zero-order valence-electron chi connectivity index (χ0n) is 14.5. The number of carbonyl (C=O) groups excluding carboxylic acids is 3. The molecule has 0 unspecified atom stereocenters. The lowest BCUT2D eigenvalue weighted by atomic mass is 10.1. The summed E-state index contributed by atoms with van der Waals surface area (Å²) >= 11 is 6.13. The summed E-state index contributed by atoms with van der Waals surface area (Å²) in [6, 6.07) is 11.9. The zero-order chi connectivity index (χ0) is 18.8. The minimum atomic E-state index is -0.595. The summed E-state index contributed by atoms with van der Waals surface area (Å²) in [7, 11) is 0. The van der Waals surface area contributed by atoms with Crippen molar-refractivity contribution >= 4 is 34.9 Å². The number of nitrogens with zero attached hydrogens (tertiary/aromatic N) is 1. The SMILES string of the molecule is CC(=O)c1ccccc1OC(=O)[C@@H]1CC(=O)N(c2ccc(C)c(Cl)c2)C1. The van der Waals surface area contributed by atoms with E-state index >= 15 is 0 Å². The first-order valence-electron chi connectivity index (χ1n) is 8.25. The number of aryl methyl sites for hydroxylation is 1. The first-order valence-corrected chi connectivity index (χ1v) is 8.63. The first-order chi connectivity index (χ1) is 12.4. The van der Waals surface area contributed by atoms with Crippen LogP contribution in [0.3, 0.4) is 0 Å². The molecule has 1 amide bonds. The number of halogens is 1. The summed E-state index contributed by atoms with van der Waals surface area (Å²) in [5.74, 6) is -1.25. The Morgan fingerprint density at radius 2 is 1.92 bits per heavy atom. The Morgan fingerprint density at radius 3 is 2.62 bits per heavy atom. The van der Waals surface area contributed by atoms with Crippen molar-refractivity contribution in [2.45, 2.75) is 20.3 Å². The number of anilines is 1. The van der Waals surface area contributed by atoms with E-state index in [-0.39, 0.29) is 30.4 Å². The van der Waals surface area contributed by atoms with Gasteiger partial charge in [-0.25, -0.2) is 0 Å². The lowest BCUT2D eigenvalue weighted by molar-refractivity contribution is -0.139. The predicted molar refractivity (Wildman–Crippen MR) is 98.7 cm³/mol. The van der Waals surface area contributed by atoms with Crippen LogP contribution in [0.4, 0.5) is 5.69 Å². The molecule has 0 N–H and O–H groups in total. The molecule has 0 aromatic heterocycles. The van der Waals surface area contributed by atoms with Crippen LogP contribution in [0.5, 0.6) is 5.75 Å². The van der Waals surface area contributed by atoms with Gasteiger partial charge in [0.1, 0.15) is 5.75 Å². The minimum absolute atomic E-state index is 0.0621. The van der Waals surface area contributed by atoms with E-state index in [1.807, 2.05) is 13.0 Å². The van der Waals surface area contributed by atoms with Gasteiger partial charge < -0.3 is 9.64 Å². The number of ether oxygens (including phenoxy) is 1. The molecule has 2 aromatic carbocycles. The molecule has 1 aliphatic heterocycles. The molecule has 3 rings (SSSR count). The van der Waals surface area contributed by atoms with Crippen LogP contribution >= 0.6 is 11.6 Å². The van der Waals surface area contributed by atoms with Crippen molar-refractivity contribution < 1.29 is 19.1 Å². The second kappa shape index (κ2) is 7.30. The largest absolute Gasteiger partial charge is 0.425 e. The van der Waals surface area contributed by atoms with Crippen LogP contribution in [0.2, 0.25) is 5.02 Å². The van der Waals surface area contributed by atoms with Gasteiger partial charge in [0.2, 0.25) is 5.91 Å². The Bertz CT molecular complexity index is 893. The monoisotopic (exact) mass is 371 g/mol. The van der Waals surface area contributed by atoms with Crippen LogP contribution in [-0.4, -0.2) is 24.2 Å². The number of Topliss-reactive ketones (excluding diaryl/α,β-unsaturated/α-hetero) is 1. The number of ketones is 1. The number of benzene rings is 2. The van der Waals surface area contributed by atoms with E-state index in [9.17, 15) is 14.4 Å². The number of carbonyl (C=O) groups is 3. The molecular weight excluding hydrogens is 354 g/mol. The summed E-state index contributed by atoms with van der Waals surface area (Å²) in [6.07, 6.45) is 0.0621. The molecule has 134 valence electrons. The van der Waals surface area contributed by atoms with Crippen LogP contribution in [0, 0.1) is 12.8 Å². The number of hydrogen-bond donors (Lipinski definition) is 0. The molecule has 0 aliphatic carbocycles. The van der Waals surface area contributed by atoms with Gasteiger partial charge in [0.05, 0.1) is 11.5 Å². The second-order valence-corrected chi connectivity index (χ2v) is 6.72. The van der Waals surface area contributed by atoms with Gasteiger partial charge in [-0.1, -0.05) is 29.8 Å². The fourth-order valence-electron chi connectivity index (χ4n) is 2.90. The molecule has 1 aliphatic rings. The molecular formula is C20H18ClNO4. The molecule has 0 radical (unpaired) electrons. The first kappa shape index (κ1) is 18.1. The lowest BCUT2D eigenvalue weighted by Crippen LogP contribution is -2.27. The third-order valence-electron chi connectivity index (χ3n) is 4.40. The van der Waals surface area contributed by atoms with Crippen LogP contribution in [-0.2, 0) is 9.59 Å². The van der Waals surface area contributed by atoms with E-state index in [2.05, 4.69) is 0 Å². The Hall–Kier alpha value is -2.66. The van der Waals surface area contributed by atoms with Crippen molar-refractivity contribution in [1.29, 1.82) is 0 Å². The topological polar surface area (TPSA) is 63.7 Å². The van der Waals surface area contributed by atoms with E-state index in [4.69, 9.17) is 16.3 Å². The second-order valence-electron chi connectivity index (χ2n) is 6.31. The lowest BCUT2D eigenvalue weighted by Gasteiger charge is -2.17. The summed E-state index contributed by atoms with van der Waals surface area (Å²) < 4.78 is 5.40. The molecule has 6 heteroatoms. The van der Waals surface area contributed by atoms with Crippen LogP contribution in [0.15, 0.2) is 42.5 Å². The highest BCUT2D eigenvalue weighted by molar-refractivity contribution is 6.31. The van der Waals surface area contributed by atoms with Gasteiger partial charge in [0.15, 0.2) is 5.78 Å². The highest BCUT2D eigenvalue weighted by Crippen LogP contribution is 2.30. The predicted octanol–water partition coefficient (Wildman–Crippen LogP) is 3.81. The van der Waals surface area contributed by atoms with Crippen molar-refractivity contribution in [2.24, 2.45) is 5.92 Å². The Labute approximate surface area is 156 Å². The highest BCUT2D eigenvalue weighted by Gasteiger charge is 2.36. The van der Waals surface area contributed by atoms with Crippen molar-refractivity contribution in [3.05, 3.63) is 58.6 Å². The zero-order valence-corrected chi connectivity index (χ0v) is 15.2. The summed E-state index contributed by atoms with van der Waals surface area (Å²) in [5.41, 5.74) is 1.91. The van der Waals surface area contributed by atoms with Gasteiger partial charge >= 0.3 is 5.97 Å². The third kappa shape index (κ3) is 3.63. The van der Waals surface area contributed by atoms with Crippen LogP contribution in [0.25, 0.3) is 0 Å². The van der Waals surface area contributed by atoms with Gasteiger partial charge in [0.25, 0.3) is 0 Å². The summed E-state index contributed by atoms with van der Waals surface area (Å²) in [4.78, 5) is 38.0. The van der Waals surface area contributed by atoms with E-state index in [1.165, 1.54) is 11.8 Å². The van der Waals surface area contributed by atoms with Gasteiger partial charge in [-0.15, -0.1) is 0 Å². The van der Waals surface area contributed by atoms with Gasteiger partial charge in [-0.05, 0) is 43.7 Å². The molecule has 0 spiro atoms. The number of para-hydroxylation sites is 1. The van der Waals surface area contributed by atoms with Crippen molar-refractivity contribution in [1.82, 2.24) is 0 Å². The van der Waals surface area contributed by atoms with Gasteiger partial charge in [-0.2, -0.15) is 0 Å². The Morgan fingerprint density at radius 1 is 1.19 bits per heavy atom. The molecule has 1 saturated heterocycles. The molecule has 5 nitrogen and oxygen atoms in total. The average molecular weight is 372 g/mol. The molecule has 0 bridgehead atoms. The normalized spacial score (nSPS) is 16.7. The van der Waals surface area contributed by atoms with Crippen LogP contribution in [0.1, 0.15) is 29.3 Å². The average Bonchev–Trinajstić information content (AvgIpc) is 2.99. The Kier molecular flexibility index (Phi) is 5.09. The number of esters is 1. The molecule has 1 heterocycles. The molecule has 26 heavy (non-hydrogen) atoms. The fourth-order valence-corrected chi connectivity index (χ4v) is 3.08.